The van der Waals surface area contributed by atoms with Crippen molar-refractivity contribution in [2.24, 2.45) is 5.92 Å². The molecule has 1 aromatic heterocycles. The van der Waals surface area contributed by atoms with E-state index >= 15 is 0 Å². The lowest BCUT2D eigenvalue weighted by atomic mass is 9.80. The van der Waals surface area contributed by atoms with Gasteiger partial charge in [-0.1, -0.05) is 5.21 Å². The quantitative estimate of drug-likeness (QED) is 0.836. The van der Waals surface area contributed by atoms with Crippen molar-refractivity contribution in [3.8, 4) is 0 Å². The van der Waals surface area contributed by atoms with Gasteiger partial charge in [0.25, 0.3) is 0 Å². The molecule has 0 spiro atoms. The van der Waals surface area contributed by atoms with Crippen molar-refractivity contribution >= 4 is 18.7 Å². The third kappa shape index (κ3) is 4.13. The summed E-state index contributed by atoms with van der Waals surface area (Å²) in [5, 5.41) is 10.9. The lowest BCUT2D eigenvalue weighted by Gasteiger charge is -2.35. The Morgan fingerprint density at radius 1 is 1.55 bits per heavy atom. The molecule has 1 aromatic rings. The molecule has 0 atom stereocenters. The Bertz CT molecular complexity index is 463. The molecule has 1 N–H and O–H groups in total. The summed E-state index contributed by atoms with van der Waals surface area (Å²) in [4.78, 5) is 11.5. The lowest BCUT2D eigenvalue weighted by molar-refractivity contribution is 0.0497. The van der Waals surface area contributed by atoms with E-state index in [-0.39, 0.29) is 6.09 Å². The summed E-state index contributed by atoms with van der Waals surface area (Å²) in [5.41, 5.74) is 0.444. The molecule has 0 radical (unpaired) electrons. The summed E-state index contributed by atoms with van der Waals surface area (Å²) in [7, 11) is 0. The zero-order valence-corrected chi connectivity index (χ0v) is 13.1. The first-order valence-corrected chi connectivity index (χ1v) is 7.49. The van der Waals surface area contributed by atoms with Crippen LogP contribution in [0.25, 0.3) is 0 Å². The minimum Gasteiger partial charge on any atom is -0.444 e. The number of thiol groups is 1. The first kappa shape index (κ1) is 15.2. The summed E-state index contributed by atoms with van der Waals surface area (Å²) in [6.07, 6.45) is 3.60. The van der Waals surface area contributed by atoms with E-state index in [9.17, 15) is 4.79 Å². The second-order valence-corrected chi connectivity index (χ2v) is 6.54. The number of nitrogens with one attached hydrogen (secondary N) is 1. The van der Waals surface area contributed by atoms with E-state index in [4.69, 9.17) is 4.74 Å². The molecule has 1 fully saturated rings. The Morgan fingerprint density at radius 3 is 2.80 bits per heavy atom. The van der Waals surface area contributed by atoms with Gasteiger partial charge in [0.05, 0.1) is 11.7 Å². The van der Waals surface area contributed by atoms with Gasteiger partial charge in [-0.05, 0) is 39.5 Å². The van der Waals surface area contributed by atoms with Crippen LogP contribution in [0.5, 0.6) is 0 Å². The zero-order valence-electron chi connectivity index (χ0n) is 12.2. The first-order valence-electron chi connectivity index (χ1n) is 6.86. The molecule has 7 heteroatoms. The van der Waals surface area contributed by atoms with Crippen molar-refractivity contribution in [1.29, 1.82) is 0 Å². The van der Waals surface area contributed by atoms with Gasteiger partial charge in [0.15, 0.2) is 0 Å². The van der Waals surface area contributed by atoms with Gasteiger partial charge in [0, 0.05) is 18.5 Å². The first-order chi connectivity index (χ1) is 9.37. The predicted molar refractivity (Wildman–Crippen MR) is 78.7 cm³/mol. The molecule has 1 aliphatic rings. The molecule has 1 amide bonds. The van der Waals surface area contributed by atoms with Crippen molar-refractivity contribution in [2.75, 3.05) is 6.54 Å². The van der Waals surface area contributed by atoms with Crippen LogP contribution in [0.3, 0.4) is 0 Å². The van der Waals surface area contributed by atoms with Crippen molar-refractivity contribution in [3.63, 3.8) is 0 Å². The maximum absolute atomic E-state index is 11.5. The smallest absolute Gasteiger partial charge is 0.407 e. The summed E-state index contributed by atoms with van der Waals surface area (Å²) in [6.45, 7) is 6.22. The van der Waals surface area contributed by atoms with Crippen LogP contribution in [0.15, 0.2) is 6.20 Å². The van der Waals surface area contributed by atoms with E-state index in [2.05, 4.69) is 28.3 Å². The van der Waals surface area contributed by atoms with Crippen molar-refractivity contribution in [1.82, 2.24) is 20.3 Å². The van der Waals surface area contributed by atoms with Crippen LogP contribution in [0.1, 0.15) is 45.3 Å². The number of amides is 1. The Morgan fingerprint density at radius 2 is 2.25 bits per heavy atom. The second-order valence-electron chi connectivity index (χ2n) is 6.22. The number of carbonyl (C=O) groups is 1. The van der Waals surface area contributed by atoms with Crippen molar-refractivity contribution in [3.05, 3.63) is 11.9 Å². The Kier molecular flexibility index (Phi) is 4.57. The normalized spacial score (nSPS) is 22.2. The Hall–Kier alpha value is -1.24. The van der Waals surface area contributed by atoms with Gasteiger partial charge in [-0.3, -0.25) is 0 Å². The van der Waals surface area contributed by atoms with Crippen LogP contribution in [-0.2, 0) is 10.5 Å². The molecule has 1 heterocycles. The maximum atomic E-state index is 11.5. The average Bonchev–Trinajstić information content (AvgIpc) is 2.72. The van der Waals surface area contributed by atoms with Crippen LogP contribution in [0.4, 0.5) is 4.79 Å². The molecule has 20 heavy (non-hydrogen) atoms. The molecule has 0 aliphatic heterocycles. The van der Waals surface area contributed by atoms with E-state index in [0.29, 0.717) is 24.3 Å². The average molecular weight is 298 g/mol. The molecule has 0 bridgehead atoms. The molecule has 2 rings (SSSR count). The van der Waals surface area contributed by atoms with E-state index in [0.717, 1.165) is 18.5 Å². The number of aromatic nitrogens is 3. The van der Waals surface area contributed by atoms with Gasteiger partial charge in [-0.15, -0.1) is 5.10 Å². The van der Waals surface area contributed by atoms with Crippen LogP contribution in [-0.4, -0.2) is 33.2 Å². The lowest BCUT2D eigenvalue weighted by Crippen LogP contribution is -2.39. The summed E-state index contributed by atoms with van der Waals surface area (Å²) in [5.74, 6) is 1.09. The highest BCUT2D eigenvalue weighted by Gasteiger charge is 2.31. The number of rotatable bonds is 4. The summed E-state index contributed by atoms with van der Waals surface area (Å²) in [6, 6.07) is 0.390. The van der Waals surface area contributed by atoms with Gasteiger partial charge >= 0.3 is 6.09 Å². The number of carbonyl (C=O) groups excluding carboxylic acids is 1. The van der Waals surface area contributed by atoms with Crippen molar-refractivity contribution < 1.29 is 9.53 Å². The fraction of sp³-hybridized carbons (Fsp3) is 0.769. The van der Waals surface area contributed by atoms with E-state index in [1.165, 1.54) is 0 Å². The zero-order chi connectivity index (χ0) is 14.8. The van der Waals surface area contributed by atoms with Crippen LogP contribution in [0.2, 0.25) is 0 Å². The van der Waals surface area contributed by atoms with Crippen molar-refractivity contribution in [2.45, 2.75) is 51.0 Å². The minimum absolute atomic E-state index is 0.348. The third-order valence-electron chi connectivity index (χ3n) is 3.24. The molecule has 1 aliphatic carbocycles. The molecule has 1 saturated carbocycles. The highest BCUT2D eigenvalue weighted by atomic mass is 32.1. The van der Waals surface area contributed by atoms with Crippen LogP contribution < -0.4 is 5.32 Å². The molecule has 0 saturated heterocycles. The highest BCUT2D eigenvalue weighted by Crippen LogP contribution is 2.36. The van der Waals surface area contributed by atoms with Crippen LogP contribution >= 0.6 is 12.6 Å². The fourth-order valence-electron chi connectivity index (χ4n) is 2.19. The van der Waals surface area contributed by atoms with E-state index in [1.54, 1.807) is 0 Å². The topological polar surface area (TPSA) is 69.0 Å². The number of alkyl carbamates (subject to hydrolysis) is 1. The Labute approximate surface area is 124 Å². The molecule has 112 valence electrons. The standard InChI is InChI=1S/C13H22N4O2S/c1-13(2,3)19-12(18)14-6-9-4-11(5-9)17-7-10(8-20)15-16-17/h7,9,11,20H,4-6,8H2,1-3H3,(H,14,18). The largest absolute Gasteiger partial charge is 0.444 e. The third-order valence-corrected chi connectivity index (χ3v) is 3.56. The van der Waals surface area contributed by atoms with Gasteiger partial charge < -0.3 is 10.1 Å². The monoisotopic (exact) mass is 298 g/mol. The molecule has 0 aromatic carbocycles. The van der Waals surface area contributed by atoms with Gasteiger partial charge in [-0.2, -0.15) is 12.6 Å². The van der Waals surface area contributed by atoms with Gasteiger partial charge in [-0.25, -0.2) is 9.48 Å². The minimum atomic E-state index is -0.448. The summed E-state index contributed by atoms with van der Waals surface area (Å²) >= 11 is 4.17. The fourth-order valence-corrected chi connectivity index (χ4v) is 2.33. The summed E-state index contributed by atoms with van der Waals surface area (Å²) < 4.78 is 7.10. The van der Waals surface area contributed by atoms with E-state index in [1.807, 2.05) is 31.6 Å². The van der Waals surface area contributed by atoms with Crippen LogP contribution in [0, 0.1) is 5.92 Å². The molecule has 0 unspecified atom stereocenters. The number of hydrogen-bond acceptors (Lipinski definition) is 5. The van der Waals surface area contributed by atoms with Gasteiger partial charge in [0.1, 0.15) is 5.60 Å². The predicted octanol–water partition coefficient (Wildman–Crippen LogP) is 2.18. The number of nitrogens with zero attached hydrogens (tertiary/aromatic N) is 3. The van der Waals surface area contributed by atoms with Gasteiger partial charge in [0.2, 0.25) is 0 Å². The highest BCUT2D eigenvalue weighted by molar-refractivity contribution is 7.79. The Balaban J connectivity index is 1.68. The molecule has 6 nitrogen and oxygen atoms in total. The number of ether oxygens (including phenoxy) is 1. The second kappa shape index (κ2) is 6.03. The number of hydrogen-bond donors (Lipinski definition) is 2. The molecular weight excluding hydrogens is 276 g/mol. The van der Waals surface area contributed by atoms with E-state index < -0.39 is 5.60 Å². The molecular formula is C13H22N4O2S. The maximum Gasteiger partial charge on any atom is 0.407 e. The SMILES string of the molecule is CC(C)(C)OC(=O)NCC1CC(n2cc(CS)nn2)C1.